The number of ether oxygens (including phenoxy) is 1. The average molecular weight is 592 g/mol. The summed E-state index contributed by atoms with van der Waals surface area (Å²) >= 11 is 0. The van der Waals surface area contributed by atoms with Crippen molar-refractivity contribution < 1.29 is 13.8 Å². The number of para-hydroxylation sites is 3. The number of hydrogen-bond donors (Lipinski definition) is 0. The smallest absolute Gasteiger partial charge is 0.138 e. The fraction of sp³-hybridized carbons (Fsp3) is 0.103. The molecule has 2 aromatic heterocycles. The molecule has 0 aliphatic carbocycles. The van der Waals surface area contributed by atoms with Crippen molar-refractivity contribution in [2.45, 2.75) is 19.8 Å². The van der Waals surface area contributed by atoms with Crippen molar-refractivity contribution in [1.29, 1.82) is 0 Å². The van der Waals surface area contributed by atoms with Crippen LogP contribution in [0.25, 0.3) is 38.8 Å². The summed E-state index contributed by atoms with van der Waals surface area (Å²) in [6, 6.07) is 41.8. The molecule has 0 unspecified atom stereocenters. The second-order valence-corrected chi connectivity index (χ2v) is 11.4. The standard InChI is InChI=1S/C39H32N4O2/c1-26(2)31-13-4-5-14-32(31)27-21-22-40-39(23-27)42-35-16-7-6-15-33(35)34-20-19-30(25-38(34)42)44-29-12-10-11-28(24-29)43-37-18-9-8-17-36(37)41(3)45-43/h4-26H,1-3H3/i3D3. The summed E-state index contributed by atoms with van der Waals surface area (Å²) in [7, 11) is 0. The Kier molecular flexibility index (Phi) is 5.74. The van der Waals surface area contributed by atoms with Crippen LogP contribution >= 0.6 is 0 Å². The molecule has 0 atom stereocenters. The van der Waals surface area contributed by atoms with E-state index in [0.29, 0.717) is 34.5 Å². The van der Waals surface area contributed by atoms with Crippen LogP contribution in [0.5, 0.6) is 11.5 Å². The van der Waals surface area contributed by atoms with E-state index in [9.17, 15) is 0 Å². The quantitative estimate of drug-likeness (QED) is 0.192. The summed E-state index contributed by atoms with van der Waals surface area (Å²) in [6.45, 7) is 1.96. The van der Waals surface area contributed by atoms with Gasteiger partial charge in [-0.05, 0) is 77.2 Å². The summed E-state index contributed by atoms with van der Waals surface area (Å²) in [5, 5.41) is 4.67. The van der Waals surface area contributed by atoms with Gasteiger partial charge in [-0.25, -0.2) is 10.0 Å². The zero-order chi connectivity index (χ0) is 33.0. The van der Waals surface area contributed by atoms with Crippen LogP contribution in [0.1, 0.15) is 29.4 Å². The molecule has 0 N–H and O–H groups in total. The van der Waals surface area contributed by atoms with Crippen LogP contribution < -0.4 is 14.9 Å². The fourth-order valence-corrected chi connectivity index (χ4v) is 6.21. The van der Waals surface area contributed by atoms with Crippen molar-refractivity contribution in [2.75, 3.05) is 17.1 Å². The Morgan fingerprint density at radius 3 is 2.38 bits per heavy atom. The highest BCUT2D eigenvalue weighted by Gasteiger charge is 2.26. The van der Waals surface area contributed by atoms with Crippen molar-refractivity contribution >= 4 is 38.9 Å². The summed E-state index contributed by atoms with van der Waals surface area (Å²) < 4.78 is 32.5. The highest BCUT2D eigenvalue weighted by molar-refractivity contribution is 6.09. The normalized spacial score (nSPS) is 14.1. The van der Waals surface area contributed by atoms with Crippen LogP contribution in [-0.2, 0) is 4.94 Å². The largest absolute Gasteiger partial charge is 0.457 e. The number of fused-ring (bicyclic) bond motifs is 4. The molecule has 0 bridgehead atoms. The number of hydrogen-bond acceptors (Lipinski definition) is 5. The first-order chi connectivity index (χ1) is 23.3. The summed E-state index contributed by atoms with van der Waals surface area (Å²) in [5.41, 5.74) is 7.35. The van der Waals surface area contributed by atoms with Crippen molar-refractivity contribution in [2.24, 2.45) is 0 Å². The Balaban J connectivity index is 1.18. The predicted molar refractivity (Wildman–Crippen MR) is 183 cm³/mol. The molecule has 6 nitrogen and oxygen atoms in total. The maximum atomic E-state index is 7.95. The van der Waals surface area contributed by atoms with Gasteiger partial charge in [-0.1, -0.05) is 74.5 Å². The van der Waals surface area contributed by atoms with Gasteiger partial charge in [0.25, 0.3) is 0 Å². The van der Waals surface area contributed by atoms with Gasteiger partial charge in [0.15, 0.2) is 0 Å². The molecule has 45 heavy (non-hydrogen) atoms. The molecule has 220 valence electrons. The SMILES string of the molecule is [2H]C([2H])([2H])N1ON(c2cccc(Oc3ccc4c5ccccc5n(-c5cc(-c6ccccc6C(C)C)ccn5)c4c3)c2)c2ccccc21. The molecule has 0 saturated heterocycles. The van der Waals surface area contributed by atoms with Crippen molar-refractivity contribution in [3.05, 3.63) is 139 Å². The molecule has 6 heteroatoms. The lowest BCUT2D eigenvalue weighted by atomic mass is 9.93. The Morgan fingerprint density at radius 2 is 1.49 bits per heavy atom. The lowest BCUT2D eigenvalue weighted by Gasteiger charge is -2.18. The molecule has 1 aliphatic rings. The first kappa shape index (κ1) is 23.8. The second kappa shape index (κ2) is 10.8. The number of anilines is 3. The Labute approximate surface area is 266 Å². The van der Waals surface area contributed by atoms with E-state index in [1.165, 1.54) is 16.2 Å². The first-order valence-electron chi connectivity index (χ1n) is 16.5. The Hall–Kier alpha value is -5.59. The van der Waals surface area contributed by atoms with Gasteiger partial charge in [-0.15, -0.1) is 4.94 Å². The fourth-order valence-electron chi connectivity index (χ4n) is 6.21. The predicted octanol–water partition coefficient (Wildman–Crippen LogP) is 10.2. The van der Waals surface area contributed by atoms with E-state index in [2.05, 4.69) is 79.1 Å². The number of nitrogens with zero attached hydrogens (tertiary/aromatic N) is 4. The number of pyridine rings is 1. The van der Waals surface area contributed by atoms with Crippen molar-refractivity contribution in [3.63, 3.8) is 0 Å². The zero-order valence-corrected chi connectivity index (χ0v) is 24.9. The maximum Gasteiger partial charge on any atom is 0.138 e. The molecule has 0 radical (unpaired) electrons. The van der Waals surface area contributed by atoms with Gasteiger partial charge in [-0.2, -0.15) is 5.06 Å². The second-order valence-electron chi connectivity index (χ2n) is 11.4. The van der Waals surface area contributed by atoms with E-state index in [1.807, 2.05) is 60.8 Å². The molecule has 5 aromatic carbocycles. The van der Waals surface area contributed by atoms with E-state index in [1.54, 1.807) is 12.1 Å². The van der Waals surface area contributed by atoms with Gasteiger partial charge in [0, 0.05) is 40.2 Å². The molecule has 0 spiro atoms. The van der Waals surface area contributed by atoms with Crippen LogP contribution in [0, 0.1) is 0 Å². The Bertz CT molecular complexity index is 2310. The van der Waals surface area contributed by atoms with Gasteiger partial charge < -0.3 is 4.74 Å². The van der Waals surface area contributed by atoms with Gasteiger partial charge in [0.05, 0.1) is 28.1 Å². The van der Waals surface area contributed by atoms with Gasteiger partial charge in [-0.3, -0.25) is 4.57 Å². The third-order valence-electron chi connectivity index (χ3n) is 8.28. The molecular weight excluding hydrogens is 556 g/mol. The molecule has 0 saturated carbocycles. The summed E-state index contributed by atoms with van der Waals surface area (Å²) in [4.78, 5) is 10.7. The van der Waals surface area contributed by atoms with Crippen LogP contribution in [-0.4, -0.2) is 16.5 Å². The Morgan fingerprint density at radius 1 is 0.711 bits per heavy atom. The highest BCUT2D eigenvalue weighted by Crippen LogP contribution is 2.42. The molecule has 0 fully saturated rings. The van der Waals surface area contributed by atoms with E-state index in [0.717, 1.165) is 38.3 Å². The van der Waals surface area contributed by atoms with Crippen molar-refractivity contribution in [3.8, 4) is 28.4 Å². The summed E-state index contributed by atoms with van der Waals surface area (Å²) in [6.07, 6.45) is 1.88. The third-order valence-corrected chi connectivity index (χ3v) is 8.28. The maximum absolute atomic E-state index is 7.95. The minimum absolute atomic E-state index is 0.386. The van der Waals surface area contributed by atoms with Crippen LogP contribution in [0.3, 0.4) is 0 Å². The van der Waals surface area contributed by atoms with E-state index >= 15 is 0 Å². The van der Waals surface area contributed by atoms with Gasteiger partial charge in [0.2, 0.25) is 0 Å². The van der Waals surface area contributed by atoms with Gasteiger partial charge in [0.1, 0.15) is 17.3 Å². The monoisotopic (exact) mass is 591 g/mol. The number of aromatic nitrogens is 2. The number of benzene rings is 5. The summed E-state index contributed by atoms with van der Waals surface area (Å²) in [5.74, 6) is 2.43. The van der Waals surface area contributed by atoms with Crippen molar-refractivity contribution in [1.82, 2.24) is 9.55 Å². The minimum atomic E-state index is -2.47. The van der Waals surface area contributed by atoms with E-state index in [-0.39, 0.29) is 0 Å². The minimum Gasteiger partial charge on any atom is -0.457 e. The molecular formula is C39H32N4O2. The van der Waals surface area contributed by atoms with Gasteiger partial charge >= 0.3 is 0 Å². The first-order valence-corrected chi connectivity index (χ1v) is 15.0. The van der Waals surface area contributed by atoms with E-state index < -0.39 is 6.98 Å². The molecule has 1 aliphatic heterocycles. The molecule has 0 amide bonds. The van der Waals surface area contributed by atoms with Crippen LogP contribution in [0.15, 0.2) is 134 Å². The average Bonchev–Trinajstić information content (AvgIpc) is 3.65. The zero-order valence-electron chi connectivity index (χ0n) is 27.9. The number of rotatable bonds is 6. The van der Waals surface area contributed by atoms with E-state index in [4.69, 9.17) is 18.8 Å². The topological polar surface area (TPSA) is 42.8 Å². The molecule has 7 aromatic rings. The van der Waals surface area contributed by atoms with Crippen LogP contribution in [0.2, 0.25) is 0 Å². The third kappa shape index (κ3) is 4.67. The van der Waals surface area contributed by atoms with Crippen LogP contribution in [0.4, 0.5) is 17.1 Å². The molecule has 8 rings (SSSR count). The number of hydroxylamine groups is 1. The molecule has 3 heterocycles. The highest BCUT2D eigenvalue weighted by atomic mass is 16.8. The lowest BCUT2D eigenvalue weighted by molar-refractivity contribution is 0.142. The lowest BCUT2D eigenvalue weighted by Crippen LogP contribution is -2.20.